The number of halogens is 1. The van der Waals surface area contributed by atoms with Crippen molar-refractivity contribution in [2.24, 2.45) is 5.92 Å². The number of aryl methyl sites for hydroxylation is 1. The van der Waals surface area contributed by atoms with Crippen molar-refractivity contribution in [3.63, 3.8) is 0 Å². The summed E-state index contributed by atoms with van der Waals surface area (Å²) < 4.78 is 13.7. The lowest BCUT2D eigenvalue weighted by atomic mass is 9.97. The Kier molecular flexibility index (Phi) is 6.80. The maximum absolute atomic E-state index is 13.7. The normalized spacial score (nSPS) is 17.2. The zero-order chi connectivity index (χ0) is 18.4. The number of nitrogens with one attached hydrogen (secondary N) is 1. The van der Waals surface area contributed by atoms with Crippen molar-refractivity contribution < 1.29 is 9.18 Å². The third-order valence-corrected chi connectivity index (χ3v) is 6.18. The van der Waals surface area contributed by atoms with Crippen LogP contribution < -0.4 is 5.32 Å². The van der Waals surface area contributed by atoms with Gasteiger partial charge in [-0.1, -0.05) is 31.2 Å². The molecule has 1 unspecified atom stereocenters. The second-order valence-corrected chi connectivity index (χ2v) is 8.12. The third kappa shape index (κ3) is 5.15. The van der Waals surface area contributed by atoms with Crippen molar-refractivity contribution in [1.82, 2.24) is 10.2 Å². The molecule has 5 heteroatoms. The van der Waals surface area contributed by atoms with E-state index in [-0.39, 0.29) is 17.8 Å². The Bertz CT molecular complexity index is 696. The summed E-state index contributed by atoms with van der Waals surface area (Å²) >= 11 is 1.75. The van der Waals surface area contributed by atoms with Crippen LogP contribution in [0.4, 0.5) is 4.39 Å². The molecule has 1 saturated heterocycles. The minimum absolute atomic E-state index is 0.0137. The molecule has 0 bridgehead atoms. The van der Waals surface area contributed by atoms with Crippen molar-refractivity contribution in [2.45, 2.75) is 38.6 Å². The van der Waals surface area contributed by atoms with Crippen LogP contribution in [0.2, 0.25) is 0 Å². The molecule has 1 atom stereocenters. The van der Waals surface area contributed by atoms with Crippen molar-refractivity contribution in [3.05, 3.63) is 58.0 Å². The Morgan fingerprint density at radius 2 is 2.04 bits per heavy atom. The van der Waals surface area contributed by atoms with Crippen molar-refractivity contribution in [3.8, 4) is 0 Å². The molecule has 1 fully saturated rings. The molecule has 2 aromatic rings. The minimum Gasteiger partial charge on any atom is -0.354 e. The van der Waals surface area contributed by atoms with Crippen LogP contribution in [0.15, 0.2) is 41.8 Å². The molecule has 0 spiro atoms. The molecule has 1 aromatic heterocycles. The quantitative estimate of drug-likeness (QED) is 0.779. The van der Waals surface area contributed by atoms with Crippen LogP contribution in [-0.4, -0.2) is 30.4 Å². The van der Waals surface area contributed by atoms with E-state index in [0.29, 0.717) is 24.9 Å². The Hall–Kier alpha value is -1.72. The fraction of sp³-hybridized carbons (Fsp3) is 0.476. The number of rotatable bonds is 7. The molecule has 1 aromatic carbocycles. The number of hydrogen-bond donors (Lipinski definition) is 1. The molecule has 2 heterocycles. The molecule has 1 N–H and O–H groups in total. The summed E-state index contributed by atoms with van der Waals surface area (Å²) in [6, 6.07) is 11.1. The number of thiophene rings is 1. The standard InChI is InChI=1S/C21H27FN2OS/c1-16-10-12-24(13-11-16)19(20-7-4-14-26-20)15-23-21(25)9-8-17-5-2-3-6-18(17)22/h2-7,14,16,19H,8-13,15H2,1H3,(H,23,25). The van der Waals surface area contributed by atoms with E-state index >= 15 is 0 Å². The predicted octanol–water partition coefficient (Wildman–Crippen LogP) is 4.41. The number of hydrogen-bond acceptors (Lipinski definition) is 3. The second-order valence-electron chi connectivity index (χ2n) is 7.15. The summed E-state index contributed by atoms with van der Waals surface area (Å²) in [5.74, 6) is 0.532. The van der Waals surface area contributed by atoms with Gasteiger partial charge < -0.3 is 5.32 Å². The van der Waals surface area contributed by atoms with Gasteiger partial charge in [-0.2, -0.15) is 0 Å². The fourth-order valence-electron chi connectivity index (χ4n) is 3.48. The summed E-state index contributed by atoms with van der Waals surface area (Å²) in [6.07, 6.45) is 3.17. The number of amides is 1. The number of benzene rings is 1. The van der Waals surface area contributed by atoms with E-state index in [1.165, 1.54) is 23.8 Å². The molecule has 26 heavy (non-hydrogen) atoms. The van der Waals surface area contributed by atoms with Gasteiger partial charge in [0.05, 0.1) is 6.04 Å². The largest absolute Gasteiger partial charge is 0.354 e. The maximum Gasteiger partial charge on any atom is 0.220 e. The molecule has 1 aliphatic rings. The lowest BCUT2D eigenvalue weighted by Gasteiger charge is -2.36. The summed E-state index contributed by atoms with van der Waals surface area (Å²) in [5, 5.41) is 5.17. The van der Waals surface area contributed by atoms with Gasteiger partial charge in [-0.25, -0.2) is 4.39 Å². The van der Waals surface area contributed by atoms with Crippen LogP contribution in [0.1, 0.15) is 42.7 Å². The highest BCUT2D eigenvalue weighted by atomic mass is 32.1. The Balaban J connectivity index is 1.54. The monoisotopic (exact) mass is 374 g/mol. The summed E-state index contributed by atoms with van der Waals surface area (Å²) in [7, 11) is 0. The average Bonchev–Trinajstić information content (AvgIpc) is 3.17. The first kappa shape index (κ1) is 19.1. The van der Waals surface area contributed by atoms with Gasteiger partial charge >= 0.3 is 0 Å². The maximum atomic E-state index is 13.7. The lowest BCUT2D eigenvalue weighted by Crippen LogP contribution is -2.41. The number of carbonyl (C=O) groups excluding carboxylic acids is 1. The highest BCUT2D eigenvalue weighted by Crippen LogP contribution is 2.29. The fourth-order valence-corrected chi connectivity index (χ4v) is 4.34. The van der Waals surface area contributed by atoms with Crippen molar-refractivity contribution in [2.75, 3.05) is 19.6 Å². The Morgan fingerprint density at radius 3 is 2.73 bits per heavy atom. The molecular formula is C21H27FN2OS. The van der Waals surface area contributed by atoms with Crippen LogP contribution in [0.3, 0.4) is 0 Å². The van der Waals surface area contributed by atoms with Crippen LogP contribution in [0, 0.1) is 11.7 Å². The van der Waals surface area contributed by atoms with Crippen molar-refractivity contribution in [1.29, 1.82) is 0 Å². The lowest BCUT2D eigenvalue weighted by molar-refractivity contribution is -0.121. The molecule has 1 aliphatic heterocycles. The Morgan fingerprint density at radius 1 is 1.27 bits per heavy atom. The Labute approximate surface area is 159 Å². The van der Waals surface area contributed by atoms with Crippen molar-refractivity contribution >= 4 is 17.2 Å². The molecule has 0 aliphatic carbocycles. The zero-order valence-electron chi connectivity index (χ0n) is 15.3. The molecule has 0 radical (unpaired) electrons. The molecule has 0 saturated carbocycles. The number of carbonyl (C=O) groups is 1. The SMILES string of the molecule is CC1CCN(C(CNC(=O)CCc2ccccc2F)c2cccs2)CC1. The summed E-state index contributed by atoms with van der Waals surface area (Å²) in [5.41, 5.74) is 0.600. The van der Waals surface area contributed by atoms with Crippen LogP contribution in [-0.2, 0) is 11.2 Å². The number of likely N-dealkylation sites (tertiary alicyclic amines) is 1. The zero-order valence-corrected chi connectivity index (χ0v) is 16.1. The second kappa shape index (κ2) is 9.28. The molecule has 140 valence electrons. The van der Waals surface area contributed by atoms with Gasteiger partial charge in [0.2, 0.25) is 5.91 Å². The van der Waals surface area contributed by atoms with E-state index in [1.807, 2.05) is 0 Å². The minimum atomic E-state index is -0.237. The first-order valence-electron chi connectivity index (χ1n) is 9.41. The van der Waals surface area contributed by atoms with Gasteiger partial charge in [0, 0.05) is 17.8 Å². The number of piperidine rings is 1. The smallest absolute Gasteiger partial charge is 0.220 e. The van der Waals surface area contributed by atoms with Gasteiger partial charge in [0.15, 0.2) is 0 Å². The summed E-state index contributed by atoms with van der Waals surface area (Å²) in [6.45, 7) is 5.08. The van der Waals surface area contributed by atoms with Crippen LogP contribution >= 0.6 is 11.3 Å². The highest BCUT2D eigenvalue weighted by Gasteiger charge is 2.25. The average molecular weight is 375 g/mol. The number of nitrogens with zero attached hydrogens (tertiary/aromatic N) is 1. The first-order chi connectivity index (χ1) is 12.6. The predicted molar refractivity (Wildman–Crippen MR) is 105 cm³/mol. The van der Waals surface area contributed by atoms with E-state index in [0.717, 1.165) is 19.0 Å². The van der Waals surface area contributed by atoms with Gasteiger partial charge in [-0.3, -0.25) is 9.69 Å². The van der Waals surface area contributed by atoms with E-state index in [2.05, 4.69) is 34.7 Å². The molecular weight excluding hydrogens is 347 g/mol. The highest BCUT2D eigenvalue weighted by molar-refractivity contribution is 7.10. The topological polar surface area (TPSA) is 32.3 Å². The molecule has 1 amide bonds. The van der Waals surface area contributed by atoms with Gasteiger partial charge in [-0.15, -0.1) is 11.3 Å². The van der Waals surface area contributed by atoms with Crippen LogP contribution in [0.25, 0.3) is 0 Å². The molecule has 3 nitrogen and oxygen atoms in total. The van der Waals surface area contributed by atoms with Crippen LogP contribution in [0.5, 0.6) is 0 Å². The van der Waals surface area contributed by atoms with E-state index in [9.17, 15) is 9.18 Å². The third-order valence-electron chi connectivity index (χ3n) is 5.20. The van der Waals surface area contributed by atoms with E-state index < -0.39 is 0 Å². The first-order valence-corrected chi connectivity index (χ1v) is 10.3. The van der Waals surface area contributed by atoms with E-state index in [1.54, 1.807) is 29.5 Å². The van der Waals surface area contributed by atoms with Gasteiger partial charge in [-0.05, 0) is 61.3 Å². The molecule has 3 rings (SSSR count). The van der Waals surface area contributed by atoms with E-state index in [4.69, 9.17) is 0 Å². The van der Waals surface area contributed by atoms with Gasteiger partial charge in [0.25, 0.3) is 0 Å². The summed E-state index contributed by atoms with van der Waals surface area (Å²) in [4.78, 5) is 16.1. The van der Waals surface area contributed by atoms with Gasteiger partial charge in [0.1, 0.15) is 5.82 Å².